The van der Waals surface area contributed by atoms with Crippen molar-refractivity contribution in [3.05, 3.63) is 11.6 Å². The molecule has 0 unspecified atom stereocenters. The van der Waals surface area contributed by atoms with Crippen LogP contribution in [-0.4, -0.2) is 11.7 Å². The summed E-state index contributed by atoms with van der Waals surface area (Å²) in [4.78, 5) is 0. The first-order valence-corrected chi connectivity index (χ1v) is 2.54. The number of allylic oxidation sites excluding steroid dienone is 1. The van der Waals surface area contributed by atoms with Gasteiger partial charge in [0.15, 0.2) is 0 Å². The summed E-state index contributed by atoms with van der Waals surface area (Å²) in [5.41, 5.74) is 1.25. The minimum Gasteiger partial charge on any atom is -0.396 e. The maximum absolute atomic E-state index is 8.33. The van der Waals surface area contributed by atoms with Crippen LogP contribution in [0.5, 0.6) is 0 Å². The number of hydrogen-bond donors (Lipinski definition) is 1. The van der Waals surface area contributed by atoms with Gasteiger partial charge in [0.25, 0.3) is 0 Å². The van der Waals surface area contributed by atoms with Crippen LogP contribution in [-0.2, 0) is 0 Å². The molecule has 0 saturated heterocycles. The van der Waals surface area contributed by atoms with Crippen LogP contribution in [0.2, 0.25) is 0 Å². The third kappa shape index (κ3) is 3.53. The predicted octanol–water partition coefficient (Wildman–Crippen LogP) is 1.33. The lowest BCUT2D eigenvalue weighted by atomic mass is 10.2. The highest BCUT2D eigenvalue weighted by atomic mass is 16.2. The zero-order valence-corrected chi connectivity index (χ0v) is 4.94. The van der Waals surface area contributed by atoms with Crippen LogP contribution in [0.25, 0.3) is 0 Å². The van der Waals surface area contributed by atoms with E-state index < -0.39 is 0 Å². The molecule has 1 heteroatoms. The van der Waals surface area contributed by atoms with Gasteiger partial charge < -0.3 is 5.11 Å². The lowest BCUT2D eigenvalue weighted by Crippen LogP contribution is -1.81. The van der Waals surface area contributed by atoms with Gasteiger partial charge in [-0.05, 0) is 20.3 Å². The molecular weight excluding hydrogens is 88.1 g/mol. The Labute approximate surface area is 44.7 Å². The van der Waals surface area contributed by atoms with E-state index in [4.69, 9.17) is 5.11 Å². The molecule has 0 saturated carbocycles. The number of aliphatic hydroxyl groups is 1. The molecule has 0 aliphatic rings. The van der Waals surface area contributed by atoms with E-state index in [-0.39, 0.29) is 6.61 Å². The topological polar surface area (TPSA) is 20.2 Å². The second-order valence-electron chi connectivity index (χ2n) is 1.61. The first kappa shape index (κ1) is 6.70. The maximum atomic E-state index is 8.33. The first-order chi connectivity index (χ1) is 3.31. The van der Waals surface area contributed by atoms with Crippen LogP contribution in [0, 0.1) is 0 Å². The lowest BCUT2D eigenvalue weighted by Gasteiger charge is -1.90. The second kappa shape index (κ2) is 3.88. The van der Waals surface area contributed by atoms with E-state index in [9.17, 15) is 0 Å². The average molecular weight is 100 g/mol. The Balaban J connectivity index is 3.17. The summed E-state index contributed by atoms with van der Waals surface area (Å²) in [5, 5.41) is 8.33. The second-order valence-corrected chi connectivity index (χ2v) is 1.61. The highest BCUT2D eigenvalue weighted by molar-refractivity contribution is 4.94. The van der Waals surface area contributed by atoms with E-state index in [1.54, 1.807) is 0 Å². The Kier molecular flexibility index (Phi) is 3.71. The Morgan fingerprint density at radius 2 is 2.29 bits per heavy atom. The van der Waals surface area contributed by atoms with Crippen LogP contribution in [0.4, 0.5) is 0 Å². The molecule has 0 spiro atoms. The molecule has 0 heterocycles. The van der Waals surface area contributed by atoms with E-state index >= 15 is 0 Å². The van der Waals surface area contributed by atoms with Gasteiger partial charge in [-0.25, -0.2) is 0 Å². The normalized spacial score (nSPS) is 12.1. The molecule has 0 aromatic carbocycles. The summed E-state index contributed by atoms with van der Waals surface area (Å²) in [5.74, 6) is 0. The SMILES string of the molecule is CC=C(C)CCO. The summed E-state index contributed by atoms with van der Waals surface area (Å²) in [7, 11) is 0. The number of aliphatic hydroxyl groups excluding tert-OH is 1. The van der Waals surface area contributed by atoms with E-state index in [1.807, 2.05) is 19.9 Å². The molecule has 0 atom stereocenters. The third-order valence-corrected chi connectivity index (χ3v) is 0.999. The minimum absolute atomic E-state index is 0.274. The Bertz CT molecular complexity index is 64.6. The molecule has 0 fully saturated rings. The summed E-state index contributed by atoms with van der Waals surface area (Å²) < 4.78 is 0. The van der Waals surface area contributed by atoms with Crippen LogP contribution in [0.1, 0.15) is 20.3 Å². The molecule has 1 N–H and O–H groups in total. The van der Waals surface area contributed by atoms with E-state index in [2.05, 4.69) is 0 Å². The van der Waals surface area contributed by atoms with Crippen molar-refractivity contribution in [2.75, 3.05) is 6.61 Å². The van der Waals surface area contributed by atoms with Crippen molar-refractivity contribution in [3.8, 4) is 0 Å². The van der Waals surface area contributed by atoms with E-state index in [1.165, 1.54) is 5.57 Å². The number of hydrogen-bond acceptors (Lipinski definition) is 1. The van der Waals surface area contributed by atoms with E-state index in [0.717, 1.165) is 6.42 Å². The Morgan fingerprint density at radius 3 is 2.43 bits per heavy atom. The summed E-state index contributed by atoms with van der Waals surface area (Å²) in [6, 6.07) is 0. The van der Waals surface area contributed by atoms with Gasteiger partial charge in [0.05, 0.1) is 0 Å². The van der Waals surface area contributed by atoms with Gasteiger partial charge in [-0.2, -0.15) is 0 Å². The van der Waals surface area contributed by atoms with Crippen LogP contribution in [0.3, 0.4) is 0 Å². The third-order valence-electron chi connectivity index (χ3n) is 0.999. The highest BCUT2D eigenvalue weighted by Gasteiger charge is 1.80. The van der Waals surface area contributed by atoms with Crippen LogP contribution >= 0.6 is 0 Å². The van der Waals surface area contributed by atoms with Crippen molar-refractivity contribution in [3.63, 3.8) is 0 Å². The molecule has 0 radical (unpaired) electrons. The molecule has 0 amide bonds. The quantitative estimate of drug-likeness (QED) is 0.519. The van der Waals surface area contributed by atoms with Gasteiger partial charge in [0, 0.05) is 6.61 Å². The molecule has 1 nitrogen and oxygen atoms in total. The molecule has 42 valence electrons. The minimum atomic E-state index is 0.274. The fourth-order valence-corrected chi connectivity index (χ4v) is 0.321. The van der Waals surface area contributed by atoms with Gasteiger partial charge in [0.1, 0.15) is 0 Å². The Morgan fingerprint density at radius 1 is 1.71 bits per heavy atom. The summed E-state index contributed by atoms with van der Waals surface area (Å²) in [6.45, 7) is 4.26. The predicted molar refractivity (Wildman–Crippen MR) is 31.1 cm³/mol. The van der Waals surface area contributed by atoms with E-state index in [0.29, 0.717) is 0 Å². The van der Waals surface area contributed by atoms with Crippen molar-refractivity contribution in [2.45, 2.75) is 20.3 Å². The van der Waals surface area contributed by atoms with Crippen molar-refractivity contribution in [1.82, 2.24) is 0 Å². The number of rotatable bonds is 2. The average Bonchev–Trinajstić information content (AvgIpc) is 1.68. The summed E-state index contributed by atoms with van der Waals surface area (Å²) >= 11 is 0. The van der Waals surface area contributed by atoms with Crippen molar-refractivity contribution in [1.29, 1.82) is 0 Å². The smallest absolute Gasteiger partial charge is 0.0468 e. The molecule has 0 aromatic heterocycles. The fourth-order valence-electron chi connectivity index (χ4n) is 0.321. The monoisotopic (exact) mass is 100 g/mol. The molecule has 0 aliphatic carbocycles. The van der Waals surface area contributed by atoms with Gasteiger partial charge >= 0.3 is 0 Å². The molecular formula is C6H12O. The summed E-state index contributed by atoms with van der Waals surface area (Å²) in [6.07, 6.45) is 2.83. The molecule has 7 heavy (non-hydrogen) atoms. The Hall–Kier alpha value is -0.300. The zero-order valence-electron chi connectivity index (χ0n) is 4.94. The van der Waals surface area contributed by atoms with Crippen molar-refractivity contribution >= 4 is 0 Å². The van der Waals surface area contributed by atoms with Gasteiger partial charge in [0.2, 0.25) is 0 Å². The maximum Gasteiger partial charge on any atom is 0.0468 e. The molecule has 0 aliphatic heterocycles. The molecule has 0 aromatic rings. The first-order valence-electron chi connectivity index (χ1n) is 2.54. The molecule has 0 bridgehead atoms. The van der Waals surface area contributed by atoms with Crippen molar-refractivity contribution < 1.29 is 5.11 Å². The zero-order chi connectivity index (χ0) is 5.70. The fraction of sp³-hybridized carbons (Fsp3) is 0.667. The largest absolute Gasteiger partial charge is 0.396 e. The lowest BCUT2D eigenvalue weighted by molar-refractivity contribution is 0.299. The standard InChI is InChI=1S/C6H12O/c1-3-6(2)4-5-7/h3,7H,4-5H2,1-2H3. The van der Waals surface area contributed by atoms with Crippen molar-refractivity contribution in [2.24, 2.45) is 0 Å². The van der Waals surface area contributed by atoms with Gasteiger partial charge in [-0.1, -0.05) is 11.6 Å². The molecule has 0 rings (SSSR count). The van der Waals surface area contributed by atoms with Gasteiger partial charge in [-0.15, -0.1) is 0 Å². The van der Waals surface area contributed by atoms with Crippen LogP contribution in [0.15, 0.2) is 11.6 Å². The van der Waals surface area contributed by atoms with Crippen LogP contribution < -0.4 is 0 Å². The highest BCUT2D eigenvalue weighted by Crippen LogP contribution is 1.95. The van der Waals surface area contributed by atoms with Gasteiger partial charge in [-0.3, -0.25) is 0 Å².